The number of benzene rings is 1. The van der Waals surface area contributed by atoms with Gasteiger partial charge >= 0.3 is 5.69 Å². The Morgan fingerprint density at radius 2 is 1.97 bits per heavy atom. The smallest absolute Gasteiger partial charge is 0.330 e. The van der Waals surface area contributed by atoms with Gasteiger partial charge in [-0.25, -0.2) is 9.78 Å². The zero-order valence-electron chi connectivity index (χ0n) is 18.5. The summed E-state index contributed by atoms with van der Waals surface area (Å²) < 4.78 is 1.34. The van der Waals surface area contributed by atoms with E-state index in [9.17, 15) is 14.4 Å². The highest BCUT2D eigenvalue weighted by molar-refractivity contribution is 7.14. The molecule has 0 atom stereocenters. The zero-order valence-corrected chi connectivity index (χ0v) is 19.3. The molecule has 170 valence electrons. The Bertz CT molecular complexity index is 1200. The van der Waals surface area contributed by atoms with Gasteiger partial charge < -0.3 is 16.0 Å². The maximum absolute atomic E-state index is 12.7. The SMILES string of the molecule is CCCCn1c(N)c(N(CC)CC(=O)Nc2nc(-c3ccc(C)cc3)cs2)c(=O)[nH]c1=O. The lowest BCUT2D eigenvalue weighted by Gasteiger charge is -2.24. The third-order valence-corrected chi connectivity index (χ3v) is 5.84. The number of anilines is 3. The third-order valence-electron chi connectivity index (χ3n) is 5.08. The second kappa shape index (κ2) is 10.3. The second-order valence-corrected chi connectivity index (χ2v) is 8.32. The van der Waals surface area contributed by atoms with Gasteiger partial charge in [-0.05, 0) is 20.3 Å². The highest BCUT2D eigenvalue weighted by Gasteiger charge is 2.20. The van der Waals surface area contributed by atoms with Crippen LogP contribution in [0.2, 0.25) is 0 Å². The van der Waals surface area contributed by atoms with E-state index in [-0.39, 0.29) is 24.0 Å². The largest absolute Gasteiger partial charge is 0.383 e. The quantitative estimate of drug-likeness (QED) is 0.454. The van der Waals surface area contributed by atoms with Crippen LogP contribution in [0.3, 0.4) is 0 Å². The predicted octanol–water partition coefficient (Wildman–Crippen LogP) is 2.82. The maximum Gasteiger partial charge on any atom is 0.330 e. The molecule has 0 saturated carbocycles. The number of rotatable bonds is 9. The van der Waals surface area contributed by atoms with Crippen molar-refractivity contribution in [3.8, 4) is 11.3 Å². The van der Waals surface area contributed by atoms with Gasteiger partial charge in [-0.2, -0.15) is 0 Å². The molecule has 9 nitrogen and oxygen atoms in total. The van der Waals surface area contributed by atoms with Crippen LogP contribution in [-0.2, 0) is 11.3 Å². The molecule has 0 aliphatic carbocycles. The Balaban J connectivity index is 1.76. The van der Waals surface area contributed by atoms with E-state index in [2.05, 4.69) is 15.3 Å². The van der Waals surface area contributed by atoms with Gasteiger partial charge in [0.1, 0.15) is 11.5 Å². The van der Waals surface area contributed by atoms with Crippen molar-refractivity contribution in [3.05, 3.63) is 56.0 Å². The maximum atomic E-state index is 12.7. The van der Waals surface area contributed by atoms with Crippen LogP contribution in [0.25, 0.3) is 11.3 Å². The molecule has 0 unspecified atom stereocenters. The number of carbonyl (C=O) groups excluding carboxylic acids is 1. The number of nitrogens with two attached hydrogens (primary N) is 1. The first-order chi connectivity index (χ1) is 15.3. The van der Waals surface area contributed by atoms with E-state index in [1.807, 2.05) is 50.4 Å². The van der Waals surface area contributed by atoms with E-state index < -0.39 is 11.2 Å². The molecule has 3 rings (SSSR count). The number of thiazole rings is 1. The molecule has 10 heteroatoms. The normalized spacial score (nSPS) is 10.8. The molecular weight excluding hydrogens is 428 g/mol. The molecule has 4 N–H and O–H groups in total. The molecule has 0 radical (unpaired) electrons. The Morgan fingerprint density at radius 1 is 1.25 bits per heavy atom. The van der Waals surface area contributed by atoms with Gasteiger partial charge in [-0.3, -0.25) is 19.1 Å². The van der Waals surface area contributed by atoms with Crippen molar-refractivity contribution in [1.29, 1.82) is 0 Å². The number of aromatic amines is 1. The van der Waals surface area contributed by atoms with E-state index in [1.54, 1.807) is 4.90 Å². The van der Waals surface area contributed by atoms with Crippen molar-refractivity contribution < 1.29 is 4.79 Å². The molecule has 0 aliphatic heterocycles. The average Bonchev–Trinajstić information content (AvgIpc) is 3.21. The van der Waals surface area contributed by atoms with Crippen molar-refractivity contribution in [1.82, 2.24) is 14.5 Å². The summed E-state index contributed by atoms with van der Waals surface area (Å²) in [6.45, 7) is 6.49. The lowest BCUT2D eigenvalue weighted by atomic mass is 10.1. The Morgan fingerprint density at radius 3 is 2.62 bits per heavy atom. The minimum absolute atomic E-state index is 0.0674. The Kier molecular flexibility index (Phi) is 7.47. The van der Waals surface area contributed by atoms with Crippen LogP contribution in [0.1, 0.15) is 32.3 Å². The summed E-state index contributed by atoms with van der Waals surface area (Å²) >= 11 is 1.33. The van der Waals surface area contributed by atoms with Crippen LogP contribution in [0, 0.1) is 6.92 Å². The topological polar surface area (TPSA) is 126 Å². The lowest BCUT2D eigenvalue weighted by molar-refractivity contribution is -0.115. The monoisotopic (exact) mass is 456 g/mol. The molecule has 0 saturated heterocycles. The van der Waals surface area contributed by atoms with Gasteiger partial charge in [-0.15, -0.1) is 11.3 Å². The molecule has 2 aromatic heterocycles. The first-order valence-corrected chi connectivity index (χ1v) is 11.4. The summed E-state index contributed by atoms with van der Waals surface area (Å²) in [5.74, 6) is -0.264. The number of nitrogens with zero attached hydrogens (tertiary/aromatic N) is 3. The number of nitrogen functional groups attached to an aromatic ring is 1. The minimum atomic E-state index is -0.606. The first-order valence-electron chi connectivity index (χ1n) is 10.5. The second-order valence-electron chi connectivity index (χ2n) is 7.46. The highest BCUT2D eigenvalue weighted by atomic mass is 32.1. The van der Waals surface area contributed by atoms with Gasteiger partial charge in [0.25, 0.3) is 5.56 Å². The number of hydrogen-bond donors (Lipinski definition) is 3. The van der Waals surface area contributed by atoms with Crippen LogP contribution in [0.15, 0.2) is 39.2 Å². The van der Waals surface area contributed by atoms with Gasteiger partial charge in [0.05, 0.1) is 12.2 Å². The molecule has 32 heavy (non-hydrogen) atoms. The van der Waals surface area contributed by atoms with Gasteiger partial charge in [0.2, 0.25) is 5.91 Å². The van der Waals surface area contributed by atoms with Crippen LogP contribution in [0.4, 0.5) is 16.6 Å². The summed E-state index contributed by atoms with van der Waals surface area (Å²) in [6, 6.07) is 7.98. The van der Waals surface area contributed by atoms with E-state index in [0.29, 0.717) is 18.2 Å². The first kappa shape index (κ1) is 23.3. The van der Waals surface area contributed by atoms with Crippen molar-refractivity contribution in [2.24, 2.45) is 0 Å². The standard InChI is InChI=1S/C22H28N6O3S/c1-4-6-11-28-19(23)18(20(30)26-22(28)31)27(5-2)12-17(29)25-21-24-16(13-32-21)15-9-7-14(3)8-10-15/h7-10,13H,4-6,11-12,23H2,1-3H3,(H,24,25,29)(H,26,30,31). The fraction of sp³-hybridized carbons (Fsp3) is 0.364. The number of likely N-dealkylation sites (N-methyl/N-ethyl adjacent to an activating group) is 1. The highest BCUT2D eigenvalue weighted by Crippen LogP contribution is 2.25. The summed E-state index contributed by atoms with van der Waals surface area (Å²) in [4.78, 5) is 45.7. The summed E-state index contributed by atoms with van der Waals surface area (Å²) in [5, 5.41) is 5.13. The zero-order chi connectivity index (χ0) is 23.3. The van der Waals surface area contributed by atoms with Crippen molar-refractivity contribution in [2.45, 2.75) is 40.2 Å². The number of unbranched alkanes of at least 4 members (excludes halogenated alkanes) is 1. The third kappa shape index (κ3) is 5.25. The number of H-pyrrole nitrogens is 1. The number of nitrogens with one attached hydrogen (secondary N) is 2. The molecule has 1 aromatic carbocycles. The van der Waals surface area contributed by atoms with E-state index in [0.717, 1.165) is 29.7 Å². The van der Waals surface area contributed by atoms with Crippen LogP contribution in [0.5, 0.6) is 0 Å². The van der Waals surface area contributed by atoms with E-state index in [1.165, 1.54) is 15.9 Å². The Hall–Kier alpha value is -3.40. The van der Waals surface area contributed by atoms with Gasteiger partial charge in [0, 0.05) is 24.0 Å². The van der Waals surface area contributed by atoms with Crippen molar-refractivity contribution in [2.75, 3.05) is 29.0 Å². The Labute approximate surface area is 189 Å². The molecule has 2 heterocycles. The van der Waals surface area contributed by atoms with E-state index in [4.69, 9.17) is 5.73 Å². The molecular formula is C22H28N6O3S. The molecule has 3 aromatic rings. The van der Waals surface area contributed by atoms with Crippen LogP contribution in [-0.4, -0.2) is 33.5 Å². The summed E-state index contributed by atoms with van der Waals surface area (Å²) in [7, 11) is 0. The lowest BCUT2D eigenvalue weighted by Crippen LogP contribution is -2.41. The van der Waals surface area contributed by atoms with Crippen molar-refractivity contribution >= 4 is 33.9 Å². The molecule has 0 spiro atoms. The predicted molar refractivity (Wildman–Crippen MR) is 129 cm³/mol. The van der Waals surface area contributed by atoms with Crippen LogP contribution < -0.4 is 27.2 Å². The molecule has 1 amide bonds. The van der Waals surface area contributed by atoms with Gasteiger partial charge in [0.15, 0.2) is 5.13 Å². The fourth-order valence-corrected chi connectivity index (χ4v) is 4.03. The number of hydrogen-bond acceptors (Lipinski definition) is 7. The number of carbonyl (C=O) groups is 1. The average molecular weight is 457 g/mol. The number of aromatic nitrogens is 3. The molecule has 0 fully saturated rings. The number of aryl methyl sites for hydroxylation is 1. The minimum Gasteiger partial charge on any atom is -0.383 e. The van der Waals surface area contributed by atoms with Crippen molar-refractivity contribution in [3.63, 3.8) is 0 Å². The fourth-order valence-electron chi connectivity index (χ4n) is 3.29. The van der Waals surface area contributed by atoms with E-state index >= 15 is 0 Å². The number of amides is 1. The summed E-state index contributed by atoms with van der Waals surface area (Å²) in [5.41, 5.74) is 8.05. The van der Waals surface area contributed by atoms with Gasteiger partial charge in [-0.1, -0.05) is 43.2 Å². The van der Waals surface area contributed by atoms with Crippen LogP contribution >= 0.6 is 11.3 Å². The summed E-state index contributed by atoms with van der Waals surface area (Å²) in [6.07, 6.45) is 1.62. The molecule has 0 aliphatic rings. The molecule has 0 bridgehead atoms.